The molecular weight excluding hydrogens is 340 g/mol. The van der Waals surface area contributed by atoms with Gasteiger partial charge < -0.3 is 9.55 Å². The number of H-pyrrole nitrogens is 1. The van der Waals surface area contributed by atoms with Crippen LogP contribution >= 0.6 is 0 Å². The number of fused-ring (bicyclic) bond motifs is 1. The lowest BCUT2D eigenvalue weighted by atomic mass is 9.99. The van der Waals surface area contributed by atoms with Crippen molar-refractivity contribution in [3.05, 3.63) is 95.8 Å². The lowest BCUT2D eigenvalue weighted by molar-refractivity contribution is 1.05. The summed E-state index contributed by atoms with van der Waals surface area (Å²) in [4.78, 5) is 3.67. The molecule has 0 spiro atoms. The van der Waals surface area contributed by atoms with E-state index < -0.39 is 0 Å². The van der Waals surface area contributed by atoms with Crippen LogP contribution < -0.4 is 0 Å². The van der Waals surface area contributed by atoms with Crippen molar-refractivity contribution in [2.45, 2.75) is 27.2 Å². The number of benzene rings is 2. The number of allylic oxidation sites excluding steroid dienone is 2. The molecule has 1 N–H and O–H groups in total. The van der Waals surface area contributed by atoms with Crippen LogP contribution in [0.2, 0.25) is 0 Å². The maximum atomic E-state index is 3.80. The van der Waals surface area contributed by atoms with Gasteiger partial charge >= 0.3 is 0 Å². The fraction of sp³-hybridized carbons (Fsp3) is 0.154. The first-order chi connectivity index (χ1) is 13.6. The Morgan fingerprint density at radius 3 is 2.54 bits per heavy atom. The summed E-state index contributed by atoms with van der Waals surface area (Å²) in [7, 11) is 0. The van der Waals surface area contributed by atoms with Crippen LogP contribution in [-0.2, 0) is 6.42 Å². The molecule has 4 rings (SSSR count). The summed E-state index contributed by atoms with van der Waals surface area (Å²) in [5.41, 5.74) is 9.98. The average Bonchev–Trinajstić information content (AvgIpc) is 3.25. The largest absolute Gasteiger partial charge is 0.358 e. The summed E-state index contributed by atoms with van der Waals surface area (Å²) in [5, 5.41) is 1.27. The highest BCUT2D eigenvalue weighted by Gasteiger charge is 2.19. The SMILES string of the molecule is C=C/C=C\c1cc2c(-c3c(C)ccn3-c3ccccc3)c(CC)[nH]c2cc1C. The summed E-state index contributed by atoms with van der Waals surface area (Å²) >= 11 is 0. The van der Waals surface area contributed by atoms with E-state index in [-0.39, 0.29) is 0 Å². The minimum Gasteiger partial charge on any atom is -0.358 e. The number of aromatic amines is 1. The van der Waals surface area contributed by atoms with E-state index in [1.807, 2.05) is 12.2 Å². The molecule has 0 saturated heterocycles. The number of aryl methyl sites for hydroxylation is 3. The molecule has 0 radical (unpaired) electrons. The predicted molar refractivity (Wildman–Crippen MR) is 121 cm³/mol. The number of nitrogens with zero attached hydrogens (tertiary/aromatic N) is 1. The third-order valence-electron chi connectivity index (χ3n) is 5.39. The van der Waals surface area contributed by atoms with Gasteiger partial charge in [-0.1, -0.05) is 49.9 Å². The van der Waals surface area contributed by atoms with Gasteiger partial charge in [-0.05, 0) is 67.3 Å². The lowest BCUT2D eigenvalue weighted by Crippen LogP contribution is -1.97. The van der Waals surface area contributed by atoms with Crippen LogP contribution in [0.15, 0.2) is 73.5 Å². The Kier molecular flexibility index (Phi) is 4.79. The fourth-order valence-corrected chi connectivity index (χ4v) is 3.96. The monoisotopic (exact) mass is 366 g/mol. The molecule has 0 bridgehead atoms. The van der Waals surface area contributed by atoms with E-state index in [0.29, 0.717) is 0 Å². The van der Waals surface area contributed by atoms with Gasteiger partial charge in [0.1, 0.15) is 0 Å². The highest BCUT2D eigenvalue weighted by molar-refractivity contribution is 5.99. The van der Waals surface area contributed by atoms with Crippen molar-refractivity contribution >= 4 is 17.0 Å². The van der Waals surface area contributed by atoms with Crippen LogP contribution in [0.4, 0.5) is 0 Å². The first kappa shape index (κ1) is 18.1. The molecule has 0 aliphatic heterocycles. The number of rotatable bonds is 5. The second kappa shape index (κ2) is 7.40. The van der Waals surface area contributed by atoms with Crippen molar-refractivity contribution in [1.29, 1.82) is 0 Å². The van der Waals surface area contributed by atoms with Crippen molar-refractivity contribution in [3.63, 3.8) is 0 Å². The maximum absolute atomic E-state index is 3.80. The van der Waals surface area contributed by atoms with Gasteiger partial charge in [-0.3, -0.25) is 0 Å². The summed E-state index contributed by atoms with van der Waals surface area (Å²) in [5.74, 6) is 0. The van der Waals surface area contributed by atoms with Gasteiger partial charge in [0.2, 0.25) is 0 Å². The molecule has 0 saturated carbocycles. The maximum Gasteiger partial charge on any atom is 0.0581 e. The quantitative estimate of drug-likeness (QED) is 0.367. The molecule has 0 aliphatic rings. The Bertz CT molecular complexity index is 1170. The zero-order chi connectivity index (χ0) is 19.7. The highest BCUT2D eigenvalue weighted by Crippen LogP contribution is 2.38. The van der Waals surface area contributed by atoms with Crippen LogP contribution in [0.1, 0.15) is 29.3 Å². The number of nitrogens with one attached hydrogen (secondary N) is 1. The van der Waals surface area contributed by atoms with Crippen LogP contribution in [0.25, 0.3) is 33.9 Å². The number of hydrogen-bond acceptors (Lipinski definition) is 0. The molecule has 2 aromatic carbocycles. The third-order valence-corrected chi connectivity index (χ3v) is 5.39. The zero-order valence-corrected chi connectivity index (χ0v) is 16.8. The topological polar surface area (TPSA) is 20.7 Å². The molecule has 4 aromatic rings. The van der Waals surface area contributed by atoms with Crippen LogP contribution in [0, 0.1) is 13.8 Å². The lowest BCUT2D eigenvalue weighted by Gasteiger charge is -2.12. The summed E-state index contributed by atoms with van der Waals surface area (Å²) in [6.07, 6.45) is 9.08. The van der Waals surface area contributed by atoms with E-state index >= 15 is 0 Å². The van der Waals surface area contributed by atoms with Crippen LogP contribution in [0.5, 0.6) is 0 Å². The van der Waals surface area contributed by atoms with Crippen molar-refractivity contribution in [1.82, 2.24) is 9.55 Å². The normalized spacial score (nSPS) is 11.5. The summed E-state index contributed by atoms with van der Waals surface area (Å²) < 4.78 is 2.30. The zero-order valence-electron chi connectivity index (χ0n) is 16.8. The van der Waals surface area contributed by atoms with Gasteiger partial charge in [-0.15, -0.1) is 0 Å². The Labute approximate surface area is 166 Å². The molecule has 0 unspecified atom stereocenters. The predicted octanol–water partition coefficient (Wildman–Crippen LogP) is 7.00. The van der Waals surface area contributed by atoms with Crippen molar-refractivity contribution in [3.8, 4) is 16.9 Å². The number of aromatic nitrogens is 2. The molecule has 2 heterocycles. The molecule has 2 nitrogen and oxygen atoms in total. The highest BCUT2D eigenvalue weighted by atomic mass is 15.0. The van der Waals surface area contributed by atoms with Gasteiger partial charge in [0.05, 0.1) is 5.69 Å². The second-order valence-corrected chi connectivity index (χ2v) is 7.23. The standard InChI is InChI=1S/C26H26N2/c1-5-7-11-20-17-22-24(16-19(20)4)27-23(6-2)25(22)26-18(3)14-15-28(26)21-12-9-8-10-13-21/h5,7-17,27H,1,6H2,2-4H3/b11-7-. The van der Waals surface area contributed by atoms with Crippen molar-refractivity contribution < 1.29 is 0 Å². The van der Waals surface area contributed by atoms with E-state index in [2.05, 4.69) is 97.7 Å². The molecule has 140 valence electrons. The molecule has 0 fully saturated rings. The van der Waals surface area contributed by atoms with Crippen molar-refractivity contribution in [2.75, 3.05) is 0 Å². The second-order valence-electron chi connectivity index (χ2n) is 7.23. The van der Waals surface area contributed by atoms with E-state index in [4.69, 9.17) is 0 Å². The first-order valence-electron chi connectivity index (χ1n) is 9.82. The molecule has 2 aromatic heterocycles. The third kappa shape index (κ3) is 3.01. The summed E-state index contributed by atoms with van der Waals surface area (Å²) in [6, 6.07) is 17.3. The Morgan fingerprint density at radius 2 is 1.82 bits per heavy atom. The Balaban J connectivity index is 2.03. The van der Waals surface area contributed by atoms with E-state index in [0.717, 1.165) is 6.42 Å². The molecule has 0 aliphatic carbocycles. The molecule has 0 amide bonds. The fourth-order valence-electron chi connectivity index (χ4n) is 3.96. The molecule has 28 heavy (non-hydrogen) atoms. The van der Waals surface area contributed by atoms with Crippen molar-refractivity contribution in [2.24, 2.45) is 0 Å². The molecule has 0 atom stereocenters. The van der Waals surface area contributed by atoms with Gasteiger partial charge in [0.25, 0.3) is 0 Å². The number of para-hydroxylation sites is 1. The smallest absolute Gasteiger partial charge is 0.0581 e. The van der Waals surface area contributed by atoms with Crippen LogP contribution in [-0.4, -0.2) is 9.55 Å². The van der Waals surface area contributed by atoms with Crippen LogP contribution in [0.3, 0.4) is 0 Å². The number of hydrogen-bond donors (Lipinski definition) is 1. The first-order valence-corrected chi connectivity index (χ1v) is 9.82. The van der Waals surface area contributed by atoms with Gasteiger partial charge in [-0.25, -0.2) is 0 Å². The van der Waals surface area contributed by atoms with Gasteiger partial charge in [0, 0.05) is 34.0 Å². The average molecular weight is 367 g/mol. The Morgan fingerprint density at radius 1 is 1.04 bits per heavy atom. The minimum atomic E-state index is 0.959. The molecular formula is C26H26N2. The minimum absolute atomic E-state index is 0.959. The summed E-state index contributed by atoms with van der Waals surface area (Å²) in [6.45, 7) is 10.4. The Hall–Kier alpha value is -3.26. The van der Waals surface area contributed by atoms with E-state index in [1.165, 1.54) is 50.2 Å². The van der Waals surface area contributed by atoms with E-state index in [9.17, 15) is 0 Å². The van der Waals surface area contributed by atoms with E-state index in [1.54, 1.807) is 0 Å². The van der Waals surface area contributed by atoms with Gasteiger partial charge in [0.15, 0.2) is 0 Å². The van der Waals surface area contributed by atoms with Gasteiger partial charge in [-0.2, -0.15) is 0 Å². The molecule has 2 heteroatoms.